The van der Waals surface area contributed by atoms with E-state index in [-0.39, 0.29) is 25.2 Å². The van der Waals surface area contributed by atoms with Crippen molar-refractivity contribution in [3.05, 3.63) is 49.6 Å². The molecule has 0 aliphatic carbocycles. The number of ether oxygens (including phenoxy) is 2. The van der Waals surface area contributed by atoms with Crippen molar-refractivity contribution in [1.29, 1.82) is 0 Å². The van der Waals surface area contributed by atoms with Crippen LogP contribution in [0.3, 0.4) is 0 Å². The molecule has 2 N–H and O–H groups in total. The highest BCUT2D eigenvalue weighted by Gasteiger charge is 1.99. The molecule has 0 aromatic rings. The molecule has 7 heteroatoms. The molecule has 0 rings (SSSR count). The fraction of sp³-hybridized carbons (Fsp3) is 0.267. The van der Waals surface area contributed by atoms with Crippen molar-refractivity contribution in [2.45, 2.75) is 13.8 Å². The summed E-state index contributed by atoms with van der Waals surface area (Å²) < 4.78 is 9.19. The van der Waals surface area contributed by atoms with E-state index in [4.69, 9.17) is 15.0 Å². The van der Waals surface area contributed by atoms with Crippen LogP contribution in [-0.4, -0.2) is 41.5 Å². The maximum Gasteiger partial charge on any atom is 0.503 e. The SMILES string of the molecule is C=CCOC(=O)C(=C)C.C=CCOC(=O)C(=C)C.O=C(O)O. The summed E-state index contributed by atoms with van der Waals surface area (Å²) in [5.74, 6) is -0.732. The zero-order chi connectivity index (χ0) is 18.1. The summed E-state index contributed by atoms with van der Waals surface area (Å²) in [7, 11) is 0. The van der Waals surface area contributed by atoms with Crippen molar-refractivity contribution in [2.75, 3.05) is 13.2 Å². The van der Waals surface area contributed by atoms with E-state index in [1.54, 1.807) is 13.8 Å². The van der Waals surface area contributed by atoms with Gasteiger partial charge in [0.15, 0.2) is 0 Å². The second kappa shape index (κ2) is 16.2. The van der Waals surface area contributed by atoms with Gasteiger partial charge in [0, 0.05) is 11.1 Å². The minimum absolute atomic E-state index is 0.256. The van der Waals surface area contributed by atoms with E-state index < -0.39 is 6.16 Å². The first kappa shape index (κ1) is 24.2. The van der Waals surface area contributed by atoms with Crippen LogP contribution in [0.5, 0.6) is 0 Å². The molecular formula is C15H22O7. The van der Waals surface area contributed by atoms with E-state index in [1.807, 2.05) is 0 Å². The molecule has 0 saturated heterocycles. The predicted octanol–water partition coefficient (Wildman–Crippen LogP) is 2.81. The summed E-state index contributed by atoms with van der Waals surface area (Å²) >= 11 is 0. The molecular weight excluding hydrogens is 292 g/mol. The molecule has 0 radical (unpaired) electrons. The molecule has 0 aromatic heterocycles. The molecule has 0 saturated carbocycles. The predicted molar refractivity (Wildman–Crippen MR) is 82.6 cm³/mol. The highest BCUT2D eigenvalue weighted by molar-refractivity contribution is 5.87. The summed E-state index contributed by atoms with van der Waals surface area (Å²) in [5.41, 5.74) is 0.828. The lowest BCUT2D eigenvalue weighted by atomic mass is 10.4. The Morgan fingerprint density at radius 1 is 0.864 bits per heavy atom. The largest absolute Gasteiger partial charge is 0.503 e. The van der Waals surface area contributed by atoms with Crippen molar-refractivity contribution >= 4 is 18.1 Å². The van der Waals surface area contributed by atoms with E-state index in [0.717, 1.165) is 0 Å². The number of carboxylic acid groups (broad SMARTS) is 2. The zero-order valence-corrected chi connectivity index (χ0v) is 12.8. The van der Waals surface area contributed by atoms with Crippen molar-refractivity contribution in [2.24, 2.45) is 0 Å². The second-order valence-electron chi connectivity index (χ2n) is 3.62. The third-order valence-electron chi connectivity index (χ3n) is 1.36. The Bertz CT molecular complexity index is 384. The third-order valence-corrected chi connectivity index (χ3v) is 1.36. The van der Waals surface area contributed by atoms with E-state index in [1.165, 1.54) is 12.2 Å². The monoisotopic (exact) mass is 314 g/mol. The smallest absolute Gasteiger partial charge is 0.458 e. The van der Waals surface area contributed by atoms with Gasteiger partial charge in [-0.3, -0.25) is 0 Å². The number of esters is 2. The van der Waals surface area contributed by atoms with Gasteiger partial charge in [0.05, 0.1) is 0 Å². The minimum atomic E-state index is -1.83. The van der Waals surface area contributed by atoms with Gasteiger partial charge in [-0.05, 0) is 13.8 Å². The highest BCUT2D eigenvalue weighted by Crippen LogP contribution is 1.91. The van der Waals surface area contributed by atoms with Gasteiger partial charge in [-0.25, -0.2) is 14.4 Å². The van der Waals surface area contributed by atoms with Gasteiger partial charge in [0.25, 0.3) is 0 Å². The van der Waals surface area contributed by atoms with E-state index in [2.05, 4.69) is 35.8 Å². The Kier molecular flexibility index (Phi) is 17.9. The summed E-state index contributed by atoms with van der Waals surface area (Å²) in [6.45, 7) is 17.3. The van der Waals surface area contributed by atoms with Crippen molar-refractivity contribution < 1.29 is 34.1 Å². The van der Waals surface area contributed by atoms with Crippen LogP contribution >= 0.6 is 0 Å². The van der Waals surface area contributed by atoms with Crippen LogP contribution in [0.15, 0.2) is 49.6 Å². The molecule has 7 nitrogen and oxygen atoms in total. The van der Waals surface area contributed by atoms with Gasteiger partial charge in [0.1, 0.15) is 13.2 Å². The number of hydrogen-bond donors (Lipinski definition) is 2. The normalized spacial score (nSPS) is 7.73. The molecule has 0 spiro atoms. The maximum atomic E-state index is 10.5. The Labute approximate surface area is 129 Å². The van der Waals surface area contributed by atoms with Gasteiger partial charge >= 0.3 is 18.1 Å². The average molecular weight is 314 g/mol. The maximum absolute atomic E-state index is 10.5. The molecule has 0 fully saturated rings. The second-order valence-corrected chi connectivity index (χ2v) is 3.62. The van der Waals surface area contributed by atoms with Crippen LogP contribution < -0.4 is 0 Å². The summed E-state index contributed by atoms with van der Waals surface area (Å²) in [6.07, 6.45) is 1.20. The first-order valence-corrected chi connectivity index (χ1v) is 5.89. The third kappa shape index (κ3) is 25.9. The quantitative estimate of drug-likeness (QED) is 0.440. The Morgan fingerprint density at radius 2 is 1.09 bits per heavy atom. The van der Waals surface area contributed by atoms with E-state index in [9.17, 15) is 9.59 Å². The Morgan fingerprint density at radius 3 is 1.23 bits per heavy atom. The molecule has 22 heavy (non-hydrogen) atoms. The van der Waals surface area contributed by atoms with Gasteiger partial charge in [-0.2, -0.15) is 0 Å². The Hall–Kier alpha value is -2.83. The topological polar surface area (TPSA) is 110 Å². The average Bonchev–Trinajstić information content (AvgIpc) is 2.41. The van der Waals surface area contributed by atoms with Gasteiger partial charge in [-0.1, -0.05) is 38.5 Å². The minimum Gasteiger partial charge on any atom is -0.458 e. The Balaban J connectivity index is -0.000000266. The van der Waals surface area contributed by atoms with Crippen LogP contribution in [0.2, 0.25) is 0 Å². The molecule has 0 unspecified atom stereocenters. The molecule has 0 atom stereocenters. The summed E-state index contributed by atoms with van der Waals surface area (Å²) in [5, 5.41) is 13.9. The van der Waals surface area contributed by atoms with Gasteiger partial charge in [-0.15, -0.1) is 0 Å². The fourth-order valence-corrected chi connectivity index (χ4v) is 0.516. The molecule has 124 valence electrons. The fourth-order valence-electron chi connectivity index (χ4n) is 0.516. The van der Waals surface area contributed by atoms with Crippen LogP contribution in [-0.2, 0) is 19.1 Å². The first-order chi connectivity index (χ1) is 10.1. The molecule has 0 heterocycles. The van der Waals surface area contributed by atoms with Crippen LogP contribution in [0, 0.1) is 0 Å². The zero-order valence-electron chi connectivity index (χ0n) is 12.8. The summed E-state index contributed by atoms with van der Waals surface area (Å²) in [4.78, 5) is 29.6. The van der Waals surface area contributed by atoms with Crippen molar-refractivity contribution in [1.82, 2.24) is 0 Å². The lowest BCUT2D eigenvalue weighted by Crippen LogP contribution is -2.03. The molecule has 0 aliphatic heterocycles. The van der Waals surface area contributed by atoms with Crippen molar-refractivity contribution in [3.8, 4) is 0 Å². The van der Waals surface area contributed by atoms with Gasteiger partial charge in [0.2, 0.25) is 0 Å². The molecule has 0 aromatic carbocycles. The number of carbonyl (C=O) groups is 3. The lowest BCUT2D eigenvalue weighted by Gasteiger charge is -1.97. The summed E-state index contributed by atoms with van der Waals surface area (Å²) in [6, 6.07) is 0. The van der Waals surface area contributed by atoms with E-state index in [0.29, 0.717) is 11.1 Å². The number of carbonyl (C=O) groups excluding carboxylic acids is 2. The molecule has 0 bridgehead atoms. The standard InChI is InChI=1S/2C7H10O2.CH2O3/c2*1-4-5-9-7(8)6(2)3;2-1(3)4/h2*4H,1-2,5H2,3H3;(H2,2,3,4). The van der Waals surface area contributed by atoms with E-state index >= 15 is 0 Å². The van der Waals surface area contributed by atoms with Crippen LogP contribution in [0.25, 0.3) is 0 Å². The molecule has 0 aliphatic rings. The molecule has 0 amide bonds. The van der Waals surface area contributed by atoms with Gasteiger partial charge < -0.3 is 19.7 Å². The highest BCUT2D eigenvalue weighted by atomic mass is 16.6. The van der Waals surface area contributed by atoms with Crippen LogP contribution in [0.4, 0.5) is 4.79 Å². The van der Waals surface area contributed by atoms with Crippen LogP contribution in [0.1, 0.15) is 13.8 Å². The first-order valence-electron chi connectivity index (χ1n) is 5.89. The number of rotatable bonds is 6. The van der Waals surface area contributed by atoms with Crippen molar-refractivity contribution in [3.63, 3.8) is 0 Å². The lowest BCUT2D eigenvalue weighted by molar-refractivity contribution is -0.138. The number of hydrogen-bond acceptors (Lipinski definition) is 5.